The SMILES string of the molecule is CCCCC1[C-]=C2C(C(C)(C)C)=C1C2(c1ccccc1)c1ccccc1.Cc1cc2[cH-]c3cc(C)c(C(C)(C)C)cc3c2cc1C(C)(C)C.[Cl-].[Cl-].[Zr+4]. The van der Waals surface area contributed by atoms with Gasteiger partial charge in [-0.25, -0.2) is 5.57 Å². The molecule has 0 spiro atoms. The third kappa shape index (κ3) is 7.77. The topological polar surface area (TPSA) is 0 Å². The van der Waals surface area contributed by atoms with Gasteiger partial charge in [0.1, 0.15) is 0 Å². The number of hydrogen-bond acceptors (Lipinski definition) is 0. The summed E-state index contributed by atoms with van der Waals surface area (Å²) in [4.78, 5) is 0. The fraction of sp³-hybridized carbons (Fsp3) is 0.408. The summed E-state index contributed by atoms with van der Waals surface area (Å²) in [6, 6.07) is 34.1. The maximum atomic E-state index is 3.95. The molecule has 1 atom stereocenters. The average Bonchev–Trinajstić information content (AvgIpc) is 3.68. The second-order valence-electron chi connectivity index (χ2n) is 17.9. The molecule has 5 aromatic rings. The van der Waals surface area contributed by atoms with Crippen LogP contribution in [0.1, 0.15) is 122 Å². The zero-order valence-electron chi connectivity index (χ0n) is 33.6. The van der Waals surface area contributed by atoms with Gasteiger partial charge in [0.25, 0.3) is 0 Å². The summed E-state index contributed by atoms with van der Waals surface area (Å²) in [7, 11) is 0. The summed E-state index contributed by atoms with van der Waals surface area (Å²) in [5.41, 5.74) is 13.6. The van der Waals surface area contributed by atoms with Gasteiger partial charge in [0.15, 0.2) is 0 Å². The van der Waals surface area contributed by atoms with Crippen LogP contribution in [0.3, 0.4) is 0 Å². The van der Waals surface area contributed by atoms with Gasteiger partial charge in [-0.05, 0) is 35.8 Å². The first kappa shape index (κ1) is 44.1. The van der Waals surface area contributed by atoms with Crippen molar-refractivity contribution in [3.8, 4) is 0 Å². The zero-order chi connectivity index (χ0) is 35.5. The molecule has 8 rings (SSSR count). The van der Waals surface area contributed by atoms with Crippen LogP contribution in [0.2, 0.25) is 0 Å². The molecular formula is C49H58Cl2Zr. The molecule has 0 heterocycles. The molecule has 0 aliphatic heterocycles. The molecule has 52 heavy (non-hydrogen) atoms. The van der Waals surface area contributed by atoms with E-state index in [1.54, 1.807) is 11.1 Å². The van der Waals surface area contributed by atoms with E-state index in [2.05, 4.69) is 180 Å². The summed E-state index contributed by atoms with van der Waals surface area (Å²) in [5, 5.41) is 5.55. The molecule has 0 saturated carbocycles. The van der Waals surface area contributed by atoms with Gasteiger partial charge in [0, 0.05) is 5.41 Å². The number of unbranched alkanes of at least 4 members (excludes halogenated alkanes) is 1. The predicted octanol–water partition coefficient (Wildman–Crippen LogP) is 7.81. The Hall–Kier alpha value is -2.31. The number of rotatable bonds is 5. The van der Waals surface area contributed by atoms with Crippen LogP contribution in [-0.2, 0) is 42.4 Å². The van der Waals surface area contributed by atoms with Crippen molar-refractivity contribution in [3.63, 3.8) is 0 Å². The van der Waals surface area contributed by atoms with Gasteiger partial charge in [0.2, 0.25) is 0 Å². The molecule has 3 aliphatic rings. The van der Waals surface area contributed by atoms with Gasteiger partial charge < -0.3 is 24.8 Å². The number of aryl methyl sites for hydroxylation is 2. The van der Waals surface area contributed by atoms with Crippen LogP contribution in [0.4, 0.5) is 0 Å². The number of benzene rings is 4. The van der Waals surface area contributed by atoms with Crippen molar-refractivity contribution in [1.29, 1.82) is 0 Å². The average molecular weight is 809 g/mol. The Morgan fingerprint density at radius 1 is 0.635 bits per heavy atom. The third-order valence-corrected chi connectivity index (χ3v) is 11.0. The molecule has 0 fully saturated rings. The maximum Gasteiger partial charge on any atom is 4.00 e. The van der Waals surface area contributed by atoms with Crippen LogP contribution in [0.25, 0.3) is 21.5 Å². The van der Waals surface area contributed by atoms with Gasteiger partial charge in [-0.2, -0.15) is 5.57 Å². The molecule has 0 radical (unpaired) electrons. The largest absolute Gasteiger partial charge is 4.00 e. The molecular weight excluding hydrogens is 751 g/mol. The van der Waals surface area contributed by atoms with Gasteiger partial charge in [0.05, 0.1) is 0 Å². The van der Waals surface area contributed by atoms with Crippen LogP contribution in [0.15, 0.2) is 108 Å². The Morgan fingerprint density at radius 2 is 1.06 bits per heavy atom. The van der Waals surface area contributed by atoms with E-state index in [0.29, 0.717) is 5.92 Å². The number of halogens is 2. The summed E-state index contributed by atoms with van der Waals surface area (Å²) in [5.74, 6) is 0.472. The first-order valence-corrected chi connectivity index (χ1v) is 18.7. The van der Waals surface area contributed by atoms with Crippen molar-refractivity contribution in [3.05, 3.63) is 147 Å². The van der Waals surface area contributed by atoms with Crippen LogP contribution >= 0.6 is 0 Å². The molecule has 0 saturated heterocycles. The Labute approximate surface area is 347 Å². The van der Waals surface area contributed by atoms with Gasteiger partial charge >= 0.3 is 26.2 Å². The van der Waals surface area contributed by atoms with Crippen molar-refractivity contribution in [2.45, 2.75) is 119 Å². The van der Waals surface area contributed by atoms with Crippen molar-refractivity contribution in [2.24, 2.45) is 11.3 Å². The van der Waals surface area contributed by atoms with Crippen LogP contribution < -0.4 is 24.8 Å². The molecule has 0 nitrogen and oxygen atoms in total. The molecule has 0 N–H and O–H groups in total. The van der Waals surface area contributed by atoms with E-state index < -0.39 is 0 Å². The van der Waals surface area contributed by atoms with Crippen molar-refractivity contribution in [2.75, 3.05) is 0 Å². The second kappa shape index (κ2) is 16.2. The van der Waals surface area contributed by atoms with E-state index in [9.17, 15) is 0 Å². The van der Waals surface area contributed by atoms with Crippen molar-refractivity contribution < 1.29 is 51.0 Å². The second-order valence-corrected chi connectivity index (χ2v) is 17.9. The summed E-state index contributed by atoms with van der Waals surface area (Å²) in [6.45, 7) is 27.6. The van der Waals surface area contributed by atoms with Crippen LogP contribution in [0.5, 0.6) is 0 Å². The standard InChI is InChI=1S/C26H29.C23H29.2ClH.Zr/c1-5-6-13-19-18-22-24(25(2,3)4)23(19)26(22,20-14-9-7-10-15-20)21-16-11-8-12-17-21;1-14-9-16-11-17-10-15(2)21(23(6,7)8)13-19(17)18(16)12-20(14)22(3,4)5;;;/h7-12,14-17,19H,5-6,13H2,1-4H3;9-13H,1-8H3;2*1H;/q2*-1;;;+4/p-2. The normalized spacial score (nSPS) is 16.2. The fourth-order valence-electron chi connectivity index (χ4n) is 8.94. The molecule has 0 aromatic heterocycles. The van der Waals surface area contributed by atoms with Gasteiger partial charge in [-0.3, -0.25) is 6.08 Å². The number of fused-ring (bicyclic) bond motifs is 4. The minimum absolute atomic E-state index is 0. The minimum Gasteiger partial charge on any atom is -1.00 e. The number of allylic oxidation sites excluding steroid dienone is 4. The van der Waals surface area contributed by atoms with E-state index >= 15 is 0 Å². The Balaban J connectivity index is 0.000000267. The Morgan fingerprint density at radius 3 is 1.42 bits per heavy atom. The van der Waals surface area contributed by atoms with Gasteiger partial charge in [-0.15, -0.1) is 45.3 Å². The summed E-state index contributed by atoms with van der Waals surface area (Å²) >= 11 is 0. The quantitative estimate of drug-likeness (QED) is 0.159. The monoisotopic (exact) mass is 806 g/mol. The molecule has 3 aliphatic carbocycles. The third-order valence-electron chi connectivity index (χ3n) is 11.0. The summed E-state index contributed by atoms with van der Waals surface area (Å²) < 4.78 is 0. The van der Waals surface area contributed by atoms with E-state index in [4.69, 9.17) is 0 Å². The van der Waals surface area contributed by atoms with Gasteiger partial charge in [-0.1, -0.05) is 195 Å². The summed E-state index contributed by atoms with van der Waals surface area (Å²) in [6.07, 6.45) is 7.68. The van der Waals surface area contributed by atoms with Crippen molar-refractivity contribution >= 4 is 21.5 Å². The smallest absolute Gasteiger partial charge is 1.00 e. The van der Waals surface area contributed by atoms with Crippen molar-refractivity contribution in [1.82, 2.24) is 0 Å². The molecule has 2 bridgehead atoms. The Kier molecular flexibility index (Phi) is 13.7. The van der Waals surface area contributed by atoms with Crippen LogP contribution in [0, 0.1) is 31.3 Å². The Bertz CT molecular complexity index is 1940. The molecule has 0 amide bonds. The number of hydrogen-bond donors (Lipinski definition) is 0. The maximum absolute atomic E-state index is 3.95. The van der Waals surface area contributed by atoms with E-state index in [-0.39, 0.29) is 72.7 Å². The fourth-order valence-corrected chi connectivity index (χ4v) is 8.94. The molecule has 5 aromatic carbocycles. The van der Waals surface area contributed by atoms with E-state index in [0.717, 1.165) is 0 Å². The zero-order valence-corrected chi connectivity index (χ0v) is 37.6. The first-order chi connectivity index (χ1) is 23.0. The predicted molar refractivity (Wildman–Crippen MR) is 214 cm³/mol. The molecule has 3 heteroatoms. The first-order valence-electron chi connectivity index (χ1n) is 18.7. The van der Waals surface area contributed by atoms with E-state index in [1.165, 1.54) is 79.8 Å². The van der Waals surface area contributed by atoms with Crippen LogP contribution in [-0.4, -0.2) is 0 Å². The molecule has 1 unspecified atom stereocenters. The van der Waals surface area contributed by atoms with E-state index in [1.807, 2.05) is 0 Å². The molecule has 272 valence electrons. The minimum atomic E-state index is -0.0798.